The minimum atomic E-state index is -0.0173. The Balaban J connectivity index is 1.99. The van der Waals surface area contributed by atoms with Gasteiger partial charge >= 0.3 is 0 Å². The highest BCUT2D eigenvalue weighted by Crippen LogP contribution is 2.37. The quantitative estimate of drug-likeness (QED) is 0.867. The van der Waals surface area contributed by atoms with Crippen molar-refractivity contribution in [2.75, 3.05) is 19.1 Å². The lowest BCUT2D eigenvalue weighted by atomic mass is 9.82. The molecule has 1 heterocycles. The second kappa shape index (κ2) is 6.12. The number of ether oxygens (including phenoxy) is 2. The van der Waals surface area contributed by atoms with E-state index < -0.39 is 0 Å². The highest BCUT2D eigenvalue weighted by atomic mass is 32.1. The number of benzene rings is 1. The van der Waals surface area contributed by atoms with Crippen molar-refractivity contribution in [3.8, 4) is 11.5 Å². The monoisotopic (exact) mass is 320 g/mol. The van der Waals surface area contributed by atoms with Gasteiger partial charge in [-0.15, -0.1) is 0 Å². The first-order valence-electron chi connectivity index (χ1n) is 7.52. The maximum absolute atomic E-state index is 12.9. The lowest BCUT2D eigenvalue weighted by Crippen LogP contribution is -2.61. The summed E-state index contributed by atoms with van der Waals surface area (Å²) in [4.78, 5) is 14.5. The van der Waals surface area contributed by atoms with Crippen molar-refractivity contribution >= 4 is 28.9 Å². The minimum absolute atomic E-state index is 0.0173. The number of carbonyl (C=O) groups is 1. The molecule has 1 aromatic carbocycles. The third-order valence-electron chi connectivity index (χ3n) is 4.44. The van der Waals surface area contributed by atoms with Crippen LogP contribution >= 0.6 is 12.2 Å². The number of carbonyl (C=O) groups excluding carboxylic acids is 1. The third-order valence-corrected chi connectivity index (χ3v) is 4.74. The smallest absolute Gasteiger partial charge is 0.238 e. The second-order valence-corrected chi connectivity index (χ2v) is 6.05. The van der Waals surface area contributed by atoms with Crippen LogP contribution in [0.25, 0.3) is 0 Å². The van der Waals surface area contributed by atoms with Gasteiger partial charge in [0.2, 0.25) is 5.91 Å². The highest BCUT2D eigenvalue weighted by molar-refractivity contribution is 7.80. The number of amides is 1. The van der Waals surface area contributed by atoms with Crippen LogP contribution in [0.1, 0.15) is 25.7 Å². The molecule has 0 radical (unpaired) electrons. The predicted molar refractivity (Wildman–Crippen MR) is 88.5 cm³/mol. The zero-order valence-corrected chi connectivity index (χ0v) is 13.6. The predicted octanol–water partition coefficient (Wildman–Crippen LogP) is 2.48. The van der Waals surface area contributed by atoms with Crippen LogP contribution in [0.4, 0.5) is 5.69 Å². The van der Waals surface area contributed by atoms with Crippen molar-refractivity contribution in [1.29, 1.82) is 0 Å². The Hall–Kier alpha value is -1.82. The molecular formula is C16H20N2O3S. The van der Waals surface area contributed by atoms with Gasteiger partial charge in [0.05, 0.1) is 25.8 Å². The van der Waals surface area contributed by atoms with Gasteiger partial charge in [-0.05, 0) is 37.2 Å². The molecule has 3 rings (SSSR count). The fourth-order valence-corrected chi connectivity index (χ4v) is 3.63. The van der Waals surface area contributed by atoms with E-state index in [1.165, 1.54) is 0 Å². The molecule has 2 unspecified atom stereocenters. The molecule has 0 bridgehead atoms. The molecule has 2 fully saturated rings. The number of rotatable bonds is 3. The van der Waals surface area contributed by atoms with Crippen LogP contribution in [-0.4, -0.2) is 31.3 Å². The molecule has 1 N–H and O–H groups in total. The van der Waals surface area contributed by atoms with Gasteiger partial charge in [-0.1, -0.05) is 12.8 Å². The standard InChI is InChI=1S/C16H20N2O3S/c1-20-10-7-8-14(21-2)13(9-10)18-15(19)11-5-3-4-6-12(11)17-16(18)22/h7-9,11-12H,3-6H2,1-2H3,(H,17,22). The maximum atomic E-state index is 12.9. The lowest BCUT2D eigenvalue weighted by Gasteiger charge is -2.41. The molecular weight excluding hydrogens is 300 g/mol. The Bertz CT molecular complexity index is 605. The molecule has 0 spiro atoms. The summed E-state index contributed by atoms with van der Waals surface area (Å²) in [6, 6.07) is 5.54. The first-order chi connectivity index (χ1) is 10.7. The van der Waals surface area contributed by atoms with E-state index in [9.17, 15) is 4.79 Å². The van der Waals surface area contributed by atoms with Crippen LogP contribution in [0, 0.1) is 5.92 Å². The van der Waals surface area contributed by atoms with Gasteiger partial charge in [0.25, 0.3) is 0 Å². The van der Waals surface area contributed by atoms with Crippen LogP contribution in [-0.2, 0) is 4.79 Å². The normalized spacial score (nSPS) is 24.5. The van der Waals surface area contributed by atoms with E-state index in [1.807, 2.05) is 0 Å². The Labute approximate surface area is 135 Å². The molecule has 0 aromatic heterocycles. The van der Waals surface area contributed by atoms with Gasteiger partial charge in [-0.25, -0.2) is 0 Å². The summed E-state index contributed by atoms with van der Waals surface area (Å²) in [5.74, 6) is 1.31. The summed E-state index contributed by atoms with van der Waals surface area (Å²) in [6.45, 7) is 0. The Kier molecular flexibility index (Phi) is 4.20. The number of hydrogen-bond acceptors (Lipinski definition) is 4. The molecule has 118 valence electrons. The van der Waals surface area contributed by atoms with Gasteiger partial charge in [0, 0.05) is 12.1 Å². The number of nitrogens with zero attached hydrogens (tertiary/aromatic N) is 1. The van der Waals surface area contributed by atoms with E-state index >= 15 is 0 Å². The molecule has 1 aliphatic carbocycles. The van der Waals surface area contributed by atoms with Crippen molar-refractivity contribution < 1.29 is 14.3 Å². The molecule has 1 saturated carbocycles. The molecule has 22 heavy (non-hydrogen) atoms. The van der Waals surface area contributed by atoms with Crippen LogP contribution in [0.15, 0.2) is 18.2 Å². The van der Waals surface area contributed by atoms with Crippen molar-refractivity contribution in [2.24, 2.45) is 5.92 Å². The number of hydrogen-bond donors (Lipinski definition) is 1. The van der Waals surface area contributed by atoms with E-state index in [2.05, 4.69) is 5.32 Å². The topological polar surface area (TPSA) is 50.8 Å². The van der Waals surface area contributed by atoms with Gasteiger partial charge in [-0.3, -0.25) is 9.69 Å². The SMILES string of the molecule is COc1ccc(OC)c(N2C(=O)C3CCCCC3NC2=S)c1. The molecule has 1 saturated heterocycles. The fourth-order valence-electron chi connectivity index (χ4n) is 3.29. The summed E-state index contributed by atoms with van der Waals surface area (Å²) < 4.78 is 10.7. The first-order valence-corrected chi connectivity index (χ1v) is 7.93. The van der Waals surface area contributed by atoms with Gasteiger partial charge in [0.1, 0.15) is 11.5 Å². The van der Waals surface area contributed by atoms with Gasteiger partial charge in [0.15, 0.2) is 5.11 Å². The number of anilines is 1. The summed E-state index contributed by atoms with van der Waals surface area (Å²) in [6.07, 6.45) is 4.14. The highest BCUT2D eigenvalue weighted by Gasteiger charge is 2.41. The van der Waals surface area contributed by atoms with E-state index in [-0.39, 0.29) is 17.9 Å². The Morgan fingerprint density at radius 3 is 2.73 bits per heavy atom. The van der Waals surface area contributed by atoms with Crippen LogP contribution in [0.3, 0.4) is 0 Å². The first kappa shape index (κ1) is 15.1. The maximum Gasteiger partial charge on any atom is 0.238 e. The largest absolute Gasteiger partial charge is 0.497 e. The number of thiocarbonyl (C=S) groups is 1. The van der Waals surface area contributed by atoms with Crippen molar-refractivity contribution in [1.82, 2.24) is 5.32 Å². The lowest BCUT2D eigenvalue weighted by molar-refractivity contribution is -0.123. The zero-order chi connectivity index (χ0) is 15.7. The Morgan fingerprint density at radius 1 is 1.23 bits per heavy atom. The van der Waals surface area contributed by atoms with Crippen molar-refractivity contribution in [2.45, 2.75) is 31.7 Å². The van der Waals surface area contributed by atoms with E-state index in [0.29, 0.717) is 22.3 Å². The molecule has 1 amide bonds. The molecule has 6 heteroatoms. The average Bonchev–Trinajstić information content (AvgIpc) is 2.54. The minimum Gasteiger partial charge on any atom is -0.497 e. The van der Waals surface area contributed by atoms with E-state index in [4.69, 9.17) is 21.7 Å². The summed E-state index contributed by atoms with van der Waals surface area (Å²) in [5, 5.41) is 3.77. The second-order valence-electron chi connectivity index (χ2n) is 5.66. The Morgan fingerprint density at radius 2 is 2.00 bits per heavy atom. The van der Waals surface area contributed by atoms with Crippen LogP contribution in [0.2, 0.25) is 0 Å². The fraction of sp³-hybridized carbons (Fsp3) is 0.500. The summed E-state index contributed by atoms with van der Waals surface area (Å²) >= 11 is 5.44. The molecule has 1 aromatic rings. The van der Waals surface area contributed by atoms with E-state index in [1.54, 1.807) is 37.3 Å². The van der Waals surface area contributed by atoms with Crippen molar-refractivity contribution in [3.05, 3.63) is 18.2 Å². The van der Waals surface area contributed by atoms with Gasteiger partial charge in [-0.2, -0.15) is 0 Å². The number of nitrogens with one attached hydrogen (secondary N) is 1. The van der Waals surface area contributed by atoms with Crippen LogP contribution in [0.5, 0.6) is 11.5 Å². The van der Waals surface area contributed by atoms with E-state index in [0.717, 1.165) is 25.7 Å². The van der Waals surface area contributed by atoms with Crippen LogP contribution < -0.4 is 19.7 Å². The molecule has 5 nitrogen and oxygen atoms in total. The summed E-state index contributed by atoms with van der Waals surface area (Å²) in [5.41, 5.74) is 0.633. The number of fused-ring (bicyclic) bond motifs is 1. The molecule has 2 atom stereocenters. The van der Waals surface area contributed by atoms with Gasteiger partial charge < -0.3 is 14.8 Å². The van der Waals surface area contributed by atoms with Crippen molar-refractivity contribution in [3.63, 3.8) is 0 Å². The molecule has 1 aliphatic heterocycles. The third kappa shape index (κ3) is 2.52. The molecule has 2 aliphatic rings. The number of methoxy groups -OCH3 is 2. The average molecular weight is 320 g/mol. The zero-order valence-electron chi connectivity index (χ0n) is 12.8. The summed E-state index contributed by atoms with van der Waals surface area (Å²) in [7, 11) is 3.18.